The van der Waals surface area contributed by atoms with Crippen molar-refractivity contribution in [3.05, 3.63) is 53.5 Å². The molecule has 1 aromatic carbocycles. The van der Waals surface area contributed by atoms with Crippen molar-refractivity contribution in [3.63, 3.8) is 0 Å². The molecule has 0 aliphatic rings. The van der Waals surface area contributed by atoms with E-state index in [0.29, 0.717) is 5.75 Å². The third-order valence-electron chi connectivity index (χ3n) is 2.29. The van der Waals surface area contributed by atoms with Gasteiger partial charge in [-0.3, -0.25) is 4.79 Å². The molecule has 0 heterocycles. The van der Waals surface area contributed by atoms with Crippen molar-refractivity contribution < 1.29 is 13.9 Å². The molecule has 0 aromatic heterocycles. The van der Waals surface area contributed by atoms with Gasteiger partial charge >= 0.3 is 0 Å². The van der Waals surface area contributed by atoms with Crippen LogP contribution in [0.2, 0.25) is 0 Å². The number of hydrogen-bond acceptors (Lipinski definition) is 3. The molecule has 1 amide bonds. The lowest BCUT2D eigenvalue weighted by Gasteiger charge is -2.07. The number of nitrogens with one attached hydrogen (secondary N) is 1. The van der Waals surface area contributed by atoms with Gasteiger partial charge in [-0.05, 0) is 30.7 Å². The zero-order valence-electron chi connectivity index (χ0n) is 10.9. The Labute approximate surface area is 111 Å². The molecule has 0 spiro atoms. The maximum absolute atomic E-state index is 13.3. The highest BCUT2D eigenvalue weighted by atomic mass is 19.1. The minimum absolute atomic E-state index is 0.0607. The molecule has 1 rings (SSSR count). The summed E-state index contributed by atoms with van der Waals surface area (Å²) in [5.41, 5.74) is 6.27. The van der Waals surface area contributed by atoms with Gasteiger partial charge in [0.05, 0.1) is 5.57 Å². The molecule has 5 heteroatoms. The van der Waals surface area contributed by atoms with Crippen LogP contribution in [0, 0.1) is 6.92 Å². The maximum atomic E-state index is 13.3. The fourth-order valence-electron chi connectivity index (χ4n) is 1.40. The first-order valence-corrected chi connectivity index (χ1v) is 5.75. The third-order valence-corrected chi connectivity index (χ3v) is 2.29. The van der Waals surface area contributed by atoms with Crippen molar-refractivity contribution in [2.24, 2.45) is 5.73 Å². The molecule has 0 atom stereocenters. The number of rotatable bonds is 6. The Morgan fingerprint density at radius 3 is 2.84 bits per heavy atom. The summed E-state index contributed by atoms with van der Waals surface area (Å²) in [4.78, 5) is 11.2. The van der Waals surface area contributed by atoms with Crippen molar-refractivity contribution in [1.29, 1.82) is 0 Å². The average molecular weight is 264 g/mol. The Bertz CT molecular complexity index is 510. The molecule has 0 aliphatic carbocycles. The Balaban J connectivity index is 2.75. The fourth-order valence-corrected chi connectivity index (χ4v) is 1.40. The van der Waals surface area contributed by atoms with Crippen LogP contribution in [0.1, 0.15) is 5.56 Å². The molecule has 19 heavy (non-hydrogen) atoms. The lowest BCUT2D eigenvalue weighted by atomic mass is 10.2. The molecule has 0 saturated heterocycles. The number of aryl methyl sites for hydroxylation is 1. The van der Waals surface area contributed by atoms with Crippen molar-refractivity contribution in [1.82, 2.24) is 5.32 Å². The van der Waals surface area contributed by atoms with Crippen LogP contribution >= 0.6 is 0 Å². The van der Waals surface area contributed by atoms with E-state index in [-0.39, 0.29) is 12.2 Å². The molecular formula is C14H17FN2O2. The van der Waals surface area contributed by atoms with Crippen LogP contribution in [0.4, 0.5) is 4.39 Å². The van der Waals surface area contributed by atoms with Crippen molar-refractivity contribution in [2.75, 3.05) is 13.7 Å². The number of amides is 1. The van der Waals surface area contributed by atoms with Gasteiger partial charge in [0, 0.05) is 13.2 Å². The molecule has 3 N–H and O–H groups in total. The van der Waals surface area contributed by atoms with Crippen molar-refractivity contribution in [2.45, 2.75) is 6.92 Å². The second kappa shape index (κ2) is 7.20. The SMILES string of the molecule is CN/C=C(F)\C=C(/COc1cccc(C)c1)C(N)=O. The number of hydrogen-bond donors (Lipinski definition) is 2. The summed E-state index contributed by atoms with van der Waals surface area (Å²) in [6.07, 6.45) is 2.17. The summed E-state index contributed by atoms with van der Waals surface area (Å²) < 4.78 is 18.7. The molecule has 0 radical (unpaired) electrons. The smallest absolute Gasteiger partial charge is 0.248 e. The monoisotopic (exact) mass is 264 g/mol. The third kappa shape index (κ3) is 5.25. The maximum Gasteiger partial charge on any atom is 0.248 e. The van der Waals surface area contributed by atoms with Crippen LogP contribution in [0.3, 0.4) is 0 Å². The van der Waals surface area contributed by atoms with Gasteiger partial charge in [-0.2, -0.15) is 0 Å². The van der Waals surface area contributed by atoms with Gasteiger partial charge in [-0.15, -0.1) is 0 Å². The molecule has 0 aliphatic heterocycles. The standard InChI is InChI=1S/C14H17FN2O2/c1-10-4-3-5-13(6-10)19-9-11(14(16)18)7-12(15)8-17-2/h3-8,17H,9H2,1-2H3,(H2,16,18)/b11-7+,12-8+. The number of allylic oxidation sites excluding steroid dienone is 2. The van der Waals surface area contributed by atoms with Gasteiger partial charge < -0.3 is 15.8 Å². The van der Waals surface area contributed by atoms with Crippen LogP contribution in [0.15, 0.2) is 47.9 Å². The minimum Gasteiger partial charge on any atom is -0.489 e. The van der Waals surface area contributed by atoms with E-state index in [1.54, 1.807) is 13.1 Å². The molecule has 4 nitrogen and oxygen atoms in total. The van der Waals surface area contributed by atoms with Crippen molar-refractivity contribution in [3.8, 4) is 5.75 Å². The Kier molecular flexibility index (Phi) is 5.60. The van der Waals surface area contributed by atoms with Crippen LogP contribution in [-0.2, 0) is 4.79 Å². The number of carbonyl (C=O) groups is 1. The largest absolute Gasteiger partial charge is 0.489 e. The van der Waals surface area contributed by atoms with Crippen LogP contribution in [0.25, 0.3) is 0 Å². The molecule has 0 saturated carbocycles. The Hall–Kier alpha value is -2.30. The summed E-state index contributed by atoms with van der Waals surface area (Å²) in [6.45, 7) is 1.84. The molecule has 0 bridgehead atoms. The number of benzene rings is 1. The van der Waals surface area contributed by atoms with E-state index in [2.05, 4.69) is 5.32 Å². The van der Waals surface area contributed by atoms with E-state index in [1.165, 1.54) is 0 Å². The van der Waals surface area contributed by atoms with E-state index < -0.39 is 11.7 Å². The van der Waals surface area contributed by atoms with Crippen LogP contribution in [0.5, 0.6) is 5.75 Å². The van der Waals surface area contributed by atoms with E-state index in [4.69, 9.17) is 10.5 Å². The Morgan fingerprint density at radius 1 is 1.53 bits per heavy atom. The first-order valence-electron chi connectivity index (χ1n) is 5.75. The summed E-state index contributed by atoms with van der Waals surface area (Å²) in [5.74, 6) is -0.707. The molecule has 0 unspecified atom stereocenters. The number of carbonyl (C=O) groups excluding carboxylic acids is 1. The number of halogens is 1. The van der Waals surface area contributed by atoms with Crippen LogP contribution in [-0.4, -0.2) is 19.6 Å². The van der Waals surface area contributed by atoms with E-state index >= 15 is 0 Å². The van der Waals surface area contributed by atoms with E-state index in [9.17, 15) is 9.18 Å². The summed E-state index contributed by atoms with van der Waals surface area (Å²) in [6, 6.07) is 7.33. The zero-order chi connectivity index (χ0) is 14.3. The van der Waals surface area contributed by atoms with Gasteiger partial charge in [-0.1, -0.05) is 12.1 Å². The van der Waals surface area contributed by atoms with Gasteiger partial charge in [0.1, 0.15) is 18.2 Å². The summed E-state index contributed by atoms with van der Waals surface area (Å²) >= 11 is 0. The molecule has 102 valence electrons. The predicted molar refractivity (Wildman–Crippen MR) is 72.2 cm³/mol. The highest BCUT2D eigenvalue weighted by molar-refractivity contribution is 5.92. The lowest BCUT2D eigenvalue weighted by Crippen LogP contribution is -2.19. The summed E-state index contributed by atoms with van der Waals surface area (Å²) in [7, 11) is 1.56. The molecule has 0 fully saturated rings. The van der Waals surface area contributed by atoms with Gasteiger partial charge in [-0.25, -0.2) is 4.39 Å². The number of primary amides is 1. The topological polar surface area (TPSA) is 64.3 Å². The quantitative estimate of drug-likeness (QED) is 0.608. The van der Waals surface area contributed by atoms with Crippen LogP contribution < -0.4 is 15.8 Å². The minimum atomic E-state index is -0.715. The second-order valence-electron chi connectivity index (χ2n) is 3.96. The second-order valence-corrected chi connectivity index (χ2v) is 3.96. The lowest BCUT2D eigenvalue weighted by molar-refractivity contribution is -0.114. The van der Waals surface area contributed by atoms with Gasteiger partial charge in [0.25, 0.3) is 0 Å². The van der Waals surface area contributed by atoms with Crippen molar-refractivity contribution >= 4 is 5.91 Å². The van der Waals surface area contributed by atoms with E-state index in [1.807, 2.05) is 25.1 Å². The highest BCUT2D eigenvalue weighted by Crippen LogP contribution is 2.14. The fraction of sp³-hybridized carbons (Fsp3) is 0.214. The molecular weight excluding hydrogens is 247 g/mol. The highest BCUT2D eigenvalue weighted by Gasteiger charge is 2.07. The number of nitrogens with two attached hydrogens (primary N) is 1. The van der Waals surface area contributed by atoms with Gasteiger partial charge in [0.15, 0.2) is 0 Å². The summed E-state index contributed by atoms with van der Waals surface area (Å²) in [5, 5.41) is 2.52. The first kappa shape index (κ1) is 14.8. The normalized spacial score (nSPS) is 12.2. The molecule has 1 aromatic rings. The first-order chi connectivity index (χ1) is 9.02. The average Bonchev–Trinajstić information content (AvgIpc) is 2.34. The zero-order valence-corrected chi connectivity index (χ0v) is 10.9. The number of ether oxygens (including phenoxy) is 1. The Morgan fingerprint density at radius 2 is 2.26 bits per heavy atom. The predicted octanol–water partition coefficient (Wildman–Crippen LogP) is 1.82. The van der Waals surface area contributed by atoms with Gasteiger partial charge in [0.2, 0.25) is 5.91 Å². The van der Waals surface area contributed by atoms with E-state index in [0.717, 1.165) is 17.8 Å².